The average Bonchev–Trinajstić information content (AvgIpc) is 3.02. The molecule has 0 aliphatic rings. The average molecular weight is 285 g/mol. The van der Waals surface area contributed by atoms with Gasteiger partial charge in [-0.1, -0.05) is 29.4 Å². The summed E-state index contributed by atoms with van der Waals surface area (Å²) >= 11 is 0. The number of hydrogen-bond donors (Lipinski definition) is 1. The van der Waals surface area contributed by atoms with Gasteiger partial charge in [-0.15, -0.1) is 0 Å². The summed E-state index contributed by atoms with van der Waals surface area (Å²) in [5.74, 6) is 2.20. The lowest BCUT2D eigenvalue weighted by atomic mass is 10.0. The highest BCUT2D eigenvalue weighted by molar-refractivity contribution is 5.98. The molecule has 0 unspecified atom stereocenters. The number of rotatable bonds is 4. The van der Waals surface area contributed by atoms with Gasteiger partial charge in [0.2, 0.25) is 11.7 Å². The molecule has 0 atom stereocenters. The van der Waals surface area contributed by atoms with Crippen LogP contribution in [0.1, 0.15) is 5.89 Å². The number of nitrogens with zero attached hydrogens (tertiary/aromatic N) is 2. The molecule has 6 nitrogen and oxygen atoms in total. The molecule has 0 fully saturated rings. The fraction of sp³-hybridized carbons (Fsp3) is 0.200. The van der Waals surface area contributed by atoms with Crippen molar-refractivity contribution in [3.63, 3.8) is 0 Å². The van der Waals surface area contributed by atoms with E-state index in [0.717, 1.165) is 16.5 Å². The largest absolute Gasteiger partial charge is 0.496 e. The van der Waals surface area contributed by atoms with Gasteiger partial charge in [-0.25, -0.2) is 0 Å². The van der Waals surface area contributed by atoms with Gasteiger partial charge in [0.15, 0.2) is 0 Å². The zero-order valence-electron chi connectivity index (χ0n) is 11.8. The first-order valence-electron chi connectivity index (χ1n) is 6.45. The maximum Gasteiger partial charge on any atom is 0.240 e. The Morgan fingerprint density at radius 2 is 1.90 bits per heavy atom. The molecule has 108 valence electrons. The fourth-order valence-electron chi connectivity index (χ4n) is 2.32. The zero-order chi connectivity index (χ0) is 14.8. The molecule has 0 saturated carbocycles. The molecular formula is C15H15N3O3. The Balaban J connectivity index is 2.31. The van der Waals surface area contributed by atoms with Crippen LogP contribution in [-0.2, 0) is 6.54 Å². The van der Waals surface area contributed by atoms with Gasteiger partial charge in [-0.05, 0) is 6.07 Å². The number of fused-ring (bicyclic) bond motifs is 1. The van der Waals surface area contributed by atoms with Crippen molar-refractivity contribution in [2.45, 2.75) is 6.54 Å². The van der Waals surface area contributed by atoms with Crippen LogP contribution in [0.5, 0.6) is 11.5 Å². The van der Waals surface area contributed by atoms with Crippen LogP contribution < -0.4 is 15.2 Å². The van der Waals surface area contributed by atoms with Gasteiger partial charge in [-0.2, -0.15) is 4.98 Å². The Bertz CT molecular complexity index is 783. The van der Waals surface area contributed by atoms with Crippen molar-refractivity contribution in [1.82, 2.24) is 10.1 Å². The number of ether oxygens (including phenoxy) is 2. The number of hydrogen-bond acceptors (Lipinski definition) is 6. The van der Waals surface area contributed by atoms with E-state index in [-0.39, 0.29) is 6.54 Å². The number of aromatic nitrogens is 2. The minimum absolute atomic E-state index is 0.194. The van der Waals surface area contributed by atoms with E-state index in [1.807, 2.05) is 30.3 Å². The molecule has 2 N–H and O–H groups in total. The second-order valence-corrected chi connectivity index (χ2v) is 4.42. The second kappa shape index (κ2) is 5.41. The molecule has 1 aromatic heterocycles. The first-order valence-corrected chi connectivity index (χ1v) is 6.45. The maximum absolute atomic E-state index is 5.55. The Morgan fingerprint density at radius 1 is 1.14 bits per heavy atom. The topological polar surface area (TPSA) is 83.4 Å². The van der Waals surface area contributed by atoms with Crippen LogP contribution in [-0.4, -0.2) is 24.4 Å². The summed E-state index contributed by atoms with van der Waals surface area (Å²) in [4.78, 5) is 4.25. The molecule has 0 amide bonds. The molecule has 0 aliphatic heterocycles. The lowest BCUT2D eigenvalue weighted by Gasteiger charge is -2.13. The van der Waals surface area contributed by atoms with Gasteiger partial charge in [0.25, 0.3) is 0 Å². The van der Waals surface area contributed by atoms with Crippen LogP contribution in [0.25, 0.3) is 22.2 Å². The van der Waals surface area contributed by atoms with Crippen molar-refractivity contribution in [3.05, 3.63) is 36.2 Å². The second-order valence-electron chi connectivity index (χ2n) is 4.42. The van der Waals surface area contributed by atoms with Crippen LogP contribution in [0.15, 0.2) is 34.9 Å². The molecule has 2 aromatic carbocycles. The monoisotopic (exact) mass is 285 g/mol. The summed E-state index contributed by atoms with van der Waals surface area (Å²) in [6.45, 7) is 0.194. The molecular weight excluding hydrogens is 270 g/mol. The predicted molar refractivity (Wildman–Crippen MR) is 78.2 cm³/mol. The first kappa shape index (κ1) is 13.4. The fourth-order valence-corrected chi connectivity index (χ4v) is 2.32. The van der Waals surface area contributed by atoms with Gasteiger partial charge < -0.3 is 19.7 Å². The van der Waals surface area contributed by atoms with Gasteiger partial charge in [0.05, 0.1) is 26.3 Å². The van der Waals surface area contributed by atoms with Gasteiger partial charge in [-0.3, -0.25) is 0 Å². The Labute approximate surface area is 121 Å². The molecule has 3 aromatic rings. The SMILES string of the molecule is COc1cc(-c2noc(CN)n2)c(OC)c2ccccc12. The first-order chi connectivity index (χ1) is 10.3. The molecule has 3 rings (SSSR count). The van der Waals surface area contributed by atoms with Crippen molar-refractivity contribution in [3.8, 4) is 22.9 Å². The Kier molecular flexibility index (Phi) is 3.45. The summed E-state index contributed by atoms with van der Waals surface area (Å²) in [5, 5.41) is 5.83. The molecule has 6 heteroatoms. The standard InChI is InChI=1S/C15H15N3O3/c1-19-12-7-11(15-17-13(8-16)21-18-15)14(20-2)10-6-4-3-5-9(10)12/h3-7H,8,16H2,1-2H3. The van der Waals surface area contributed by atoms with E-state index in [0.29, 0.717) is 23.0 Å². The molecule has 1 heterocycles. The lowest BCUT2D eigenvalue weighted by Crippen LogP contribution is -1.97. The van der Waals surface area contributed by atoms with Crippen molar-refractivity contribution >= 4 is 10.8 Å². The molecule has 0 aliphatic carbocycles. The third-order valence-corrected chi connectivity index (χ3v) is 3.26. The van der Waals surface area contributed by atoms with Gasteiger partial charge in [0.1, 0.15) is 11.5 Å². The minimum Gasteiger partial charge on any atom is -0.496 e. The summed E-state index contributed by atoms with van der Waals surface area (Å²) < 4.78 is 16.1. The molecule has 0 spiro atoms. The molecule has 0 bridgehead atoms. The van der Waals surface area contributed by atoms with Crippen LogP contribution in [0.3, 0.4) is 0 Å². The molecule has 0 saturated heterocycles. The van der Waals surface area contributed by atoms with Crippen molar-refractivity contribution in [2.24, 2.45) is 5.73 Å². The third-order valence-electron chi connectivity index (χ3n) is 3.26. The highest BCUT2D eigenvalue weighted by Crippen LogP contribution is 2.40. The normalized spacial score (nSPS) is 10.8. The van der Waals surface area contributed by atoms with Crippen LogP contribution in [0.4, 0.5) is 0 Å². The summed E-state index contributed by atoms with van der Waals surface area (Å²) in [5.41, 5.74) is 6.21. The lowest BCUT2D eigenvalue weighted by molar-refractivity contribution is 0.379. The van der Waals surface area contributed by atoms with Crippen LogP contribution in [0, 0.1) is 0 Å². The highest BCUT2D eigenvalue weighted by Gasteiger charge is 2.18. The Morgan fingerprint density at radius 3 is 2.52 bits per heavy atom. The van der Waals surface area contributed by atoms with Crippen molar-refractivity contribution < 1.29 is 14.0 Å². The molecule has 0 radical (unpaired) electrons. The van der Waals surface area contributed by atoms with Crippen molar-refractivity contribution in [2.75, 3.05) is 14.2 Å². The van der Waals surface area contributed by atoms with E-state index in [9.17, 15) is 0 Å². The van der Waals surface area contributed by atoms with E-state index in [4.69, 9.17) is 19.7 Å². The number of nitrogens with two attached hydrogens (primary N) is 1. The van der Waals surface area contributed by atoms with E-state index < -0.39 is 0 Å². The summed E-state index contributed by atoms with van der Waals surface area (Å²) in [6, 6.07) is 9.67. The zero-order valence-corrected chi connectivity index (χ0v) is 11.8. The van der Waals surface area contributed by atoms with Gasteiger partial charge in [0, 0.05) is 10.8 Å². The van der Waals surface area contributed by atoms with E-state index >= 15 is 0 Å². The Hall–Kier alpha value is -2.60. The minimum atomic E-state index is 0.194. The van der Waals surface area contributed by atoms with Crippen molar-refractivity contribution in [1.29, 1.82) is 0 Å². The summed E-state index contributed by atoms with van der Waals surface area (Å²) in [7, 11) is 3.24. The van der Waals surface area contributed by atoms with E-state index in [1.165, 1.54) is 0 Å². The van der Waals surface area contributed by atoms with E-state index in [2.05, 4.69) is 10.1 Å². The summed E-state index contributed by atoms with van der Waals surface area (Å²) in [6.07, 6.45) is 0. The van der Waals surface area contributed by atoms with Crippen LogP contribution in [0.2, 0.25) is 0 Å². The number of benzene rings is 2. The van der Waals surface area contributed by atoms with E-state index in [1.54, 1.807) is 14.2 Å². The third kappa shape index (κ3) is 2.19. The van der Waals surface area contributed by atoms with Gasteiger partial charge >= 0.3 is 0 Å². The van der Waals surface area contributed by atoms with Crippen LogP contribution >= 0.6 is 0 Å². The highest BCUT2D eigenvalue weighted by atomic mass is 16.5. The molecule has 21 heavy (non-hydrogen) atoms. The number of methoxy groups -OCH3 is 2. The smallest absolute Gasteiger partial charge is 0.240 e. The quantitative estimate of drug-likeness (QED) is 0.792. The predicted octanol–water partition coefficient (Wildman–Crippen LogP) is 2.37. The maximum atomic E-state index is 5.55.